The molecular weight excluding hydrogens is 328 g/mol. The van der Waals surface area contributed by atoms with E-state index in [1.807, 2.05) is 4.90 Å². The maximum Gasteiger partial charge on any atom is 0.226 e. The average Bonchev–Trinajstić information content (AvgIpc) is 2.80. The Hall–Kier alpha value is -2.14. The molecule has 2 saturated heterocycles. The molecule has 0 bridgehead atoms. The van der Waals surface area contributed by atoms with E-state index in [0.717, 1.165) is 13.0 Å². The standard InChI is InChI=1S/C16H20N4O3S/c17-11-13-3-1-5-18-15(13)19-6-2-7-20(9-8-19)16(21)14-4-10-24(22,23)12-14/h1,3,5,14H,2,4,6-10,12H2/t14-/m1/s1. The topological polar surface area (TPSA) is 94.4 Å². The molecule has 0 radical (unpaired) electrons. The maximum atomic E-state index is 12.6. The van der Waals surface area contributed by atoms with Gasteiger partial charge in [0.05, 0.1) is 23.0 Å². The maximum absolute atomic E-state index is 12.6. The van der Waals surface area contributed by atoms with Gasteiger partial charge in [-0.2, -0.15) is 5.26 Å². The van der Waals surface area contributed by atoms with Crippen molar-refractivity contribution in [1.29, 1.82) is 5.26 Å². The van der Waals surface area contributed by atoms with Crippen molar-refractivity contribution in [3.8, 4) is 6.07 Å². The molecule has 3 heterocycles. The Bertz CT molecular complexity index is 772. The van der Waals surface area contributed by atoms with Gasteiger partial charge in [-0.1, -0.05) is 0 Å². The summed E-state index contributed by atoms with van der Waals surface area (Å²) in [6, 6.07) is 5.62. The average molecular weight is 348 g/mol. The molecule has 2 aliphatic rings. The van der Waals surface area contributed by atoms with Crippen LogP contribution in [0.5, 0.6) is 0 Å². The Morgan fingerprint density at radius 2 is 2.12 bits per heavy atom. The van der Waals surface area contributed by atoms with E-state index >= 15 is 0 Å². The first kappa shape index (κ1) is 16.7. The van der Waals surface area contributed by atoms with Crippen LogP contribution in [0.3, 0.4) is 0 Å². The number of hydrogen-bond acceptors (Lipinski definition) is 6. The fraction of sp³-hybridized carbons (Fsp3) is 0.562. The van der Waals surface area contributed by atoms with E-state index < -0.39 is 15.8 Å². The van der Waals surface area contributed by atoms with Crippen LogP contribution in [-0.4, -0.2) is 61.9 Å². The van der Waals surface area contributed by atoms with Gasteiger partial charge in [-0.3, -0.25) is 4.79 Å². The Balaban J connectivity index is 1.67. The molecule has 1 aromatic heterocycles. The van der Waals surface area contributed by atoms with Gasteiger partial charge in [0, 0.05) is 32.4 Å². The number of amides is 1. The van der Waals surface area contributed by atoms with Crippen molar-refractivity contribution in [1.82, 2.24) is 9.88 Å². The van der Waals surface area contributed by atoms with Crippen LogP contribution < -0.4 is 4.90 Å². The molecule has 3 rings (SSSR count). The van der Waals surface area contributed by atoms with Crippen LogP contribution in [-0.2, 0) is 14.6 Å². The van der Waals surface area contributed by atoms with Crippen LogP contribution >= 0.6 is 0 Å². The van der Waals surface area contributed by atoms with Crippen LogP contribution in [0.25, 0.3) is 0 Å². The van der Waals surface area contributed by atoms with Crippen molar-refractivity contribution in [3.05, 3.63) is 23.9 Å². The SMILES string of the molecule is N#Cc1cccnc1N1CCCN(C(=O)[C@@H]2CCS(=O)(=O)C2)CC1. The molecule has 0 aliphatic carbocycles. The number of anilines is 1. The Morgan fingerprint density at radius 3 is 2.83 bits per heavy atom. The van der Waals surface area contributed by atoms with Gasteiger partial charge in [0.25, 0.3) is 0 Å². The quantitative estimate of drug-likeness (QED) is 0.769. The van der Waals surface area contributed by atoms with Crippen molar-refractivity contribution >= 4 is 21.6 Å². The van der Waals surface area contributed by atoms with Crippen LogP contribution in [0.4, 0.5) is 5.82 Å². The summed E-state index contributed by atoms with van der Waals surface area (Å²) in [7, 11) is -3.05. The van der Waals surface area contributed by atoms with E-state index in [0.29, 0.717) is 37.4 Å². The fourth-order valence-corrected chi connectivity index (χ4v) is 5.07. The van der Waals surface area contributed by atoms with E-state index in [-0.39, 0.29) is 17.4 Å². The number of carbonyl (C=O) groups is 1. The summed E-state index contributed by atoms with van der Waals surface area (Å²) in [5.74, 6) is 0.288. The highest BCUT2D eigenvalue weighted by Crippen LogP contribution is 2.23. The third kappa shape index (κ3) is 3.51. The van der Waals surface area contributed by atoms with E-state index in [1.165, 1.54) is 0 Å². The smallest absolute Gasteiger partial charge is 0.226 e. The zero-order chi connectivity index (χ0) is 17.2. The molecular formula is C16H20N4O3S. The molecule has 0 saturated carbocycles. The number of rotatable bonds is 2. The molecule has 0 aromatic carbocycles. The van der Waals surface area contributed by atoms with Gasteiger partial charge in [-0.15, -0.1) is 0 Å². The van der Waals surface area contributed by atoms with Gasteiger partial charge in [0.2, 0.25) is 5.91 Å². The molecule has 0 unspecified atom stereocenters. The van der Waals surface area contributed by atoms with Crippen molar-refractivity contribution in [2.24, 2.45) is 5.92 Å². The van der Waals surface area contributed by atoms with E-state index in [2.05, 4.69) is 11.1 Å². The van der Waals surface area contributed by atoms with Crippen LogP contribution in [0.1, 0.15) is 18.4 Å². The second kappa shape index (κ2) is 6.77. The normalized spacial score (nSPS) is 23.5. The minimum Gasteiger partial charge on any atom is -0.354 e. The molecule has 1 atom stereocenters. The molecule has 8 heteroatoms. The van der Waals surface area contributed by atoms with Gasteiger partial charge < -0.3 is 9.80 Å². The predicted molar refractivity (Wildman–Crippen MR) is 89.1 cm³/mol. The van der Waals surface area contributed by atoms with Gasteiger partial charge in [0.15, 0.2) is 9.84 Å². The monoisotopic (exact) mass is 348 g/mol. The molecule has 0 spiro atoms. The number of carbonyl (C=O) groups excluding carboxylic acids is 1. The van der Waals surface area contributed by atoms with Gasteiger partial charge in [0.1, 0.15) is 11.9 Å². The predicted octanol–water partition coefficient (Wildman–Crippen LogP) is 0.427. The van der Waals surface area contributed by atoms with E-state index in [1.54, 1.807) is 23.2 Å². The first-order valence-corrected chi connectivity index (χ1v) is 9.91. The van der Waals surface area contributed by atoms with Crippen molar-refractivity contribution < 1.29 is 13.2 Å². The lowest BCUT2D eigenvalue weighted by Gasteiger charge is -2.24. The highest BCUT2D eigenvalue weighted by Gasteiger charge is 2.35. The Morgan fingerprint density at radius 1 is 1.29 bits per heavy atom. The minimum atomic E-state index is -3.05. The van der Waals surface area contributed by atoms with Crippen molar-refractivity contribution in [2.45, 2.75) is 12.8 Å². The van der Waals surface area contributed by atoms with Crippen molar-refractivity contribution in [2.75, 3.05) is 42.6 Å². The summed E-state index contributed by atoms with van der Waals surface area (Å²) < 4.78 is 23.2. The minimum absolute atomic E-state index is 0.0229. The summed E-state index contributed by atoms with van der Waals surface area (Å²) >= 11 is 0. The summed E-state index contributed by atoms with van der Waals surface area (Å²) in [5.41, 5.74) is 0.527. The van der Waals surface area contributed by atoms with Gasteiger partial charge >= 0.3 is 0 Å². The zero-order valence-electron chi connectivity index (χ0n) is 13.4. The lowest BCUT2D eigenvalue weighted by Crippen LogP contribution is -2.39. The van der Waals surface area contributed by atoms with Gasteiger partial charge in [-0.05, 0) is 25.0 Å². The van der Waals surface area contributed by atoms with Gasteiger partial charge in [-0.25, -0.2) is 13.4 Å². The second-order valence-corrected chi connectivity index (χ2v) is 8.48. The summed E-state index contributed by atoms with van der Waals surface area (Å²) in [4.78, 5) is 20.7. The lowest BCUT2D eigenvalue weighted by molar-refractivity contribution is -0.134. The summed E-state index contributed by atoms with van der Waals surface area (Å²) in [6.45, 7) is 2.45. The second-order valence-electron chi connectivity index (χ2n) is 6.25. The van der Waals surface area contributed by atoms with E-state index in [9.17, 15) is 18.5 Å². The molecule has 1 amide bonds. The first-order valence-electron chi connectivity index (χ1n) is 8.09. The summed E-state index contributed by atoms with van der Waals surface area (Å²) in [6.07, 6.45) is 2.86. The number of aromatic nitrogens is 1. The Labute approximate surface area is 141 Å². The number of nitrogens with zero attached hydrogens (tertiary/aromatic N) is 4. The molecule has 1 aromatic rings. The van der Waals surface area contributed by atoms with Crippen LogP contribution in [0.15, 0.2) is 18.3 Å². The number of pyridine rings is 1. The molecule has 2 aliphatic heterocycles. The molecule has 128 valence electrons. The van der Waals surface area contributed by atoms with Crippen LogP contribution in [0, 0.1) is 17.2 Å². The van der Waals surface area contributed by atoms with Crippen molar-refractivity contribution in [3.63, 3.8) is 0 Å². The lowest BCUT2D eigenvalue weighted by atomic mass is 10.1. The molecule has 24 heavy (non-hydrogen) atoms. The third-order valence-corrected chi connectivity index (χ3v) is 6.36. The fourth-order valence-electron chi connectivity index (χ4n) is 3.33. The van der Waals surface area contributed by atoms with Crippen LogP contribution in [0.2, 0.25) is 0 Å². The number of hydrogen-bond donors (Lipinski definition) is 0. The molecule has 7 nitrogen and oxygen atoms in total. The third-order valence-electron chi connectivity index (χ3n) is 4.60. The van der Waals surface area contributed by atoms with E-state index in [4.69, 9.17) is 0 Å². The first-order chi connectivity index (χ1) is 11.5. The Kier molecular flexibility index (Phi) is 4.71. The number of sulfone groups is 1. The largest absolute Gasteiger partial charge is 0.354 e. The zero-order valence-corrected chi connectivity index (χ0v) is 14.2. The highest BCUT2D eigenvalue weighted by molar-refractivity contribution is 7.91. The number of nitriles is 1. The summed E-state index contributed by atoms with van der Waals surface area (Å²) in [5, 5.41) is 9.21. The molecule has 2 fully saturated rings. The molecule has 0 N–H and O–H groups in total. The highest BCUT2D eigenvalue weighted by atomic mass is 32.2.